The Balaban J connectivity index is 2.09. The Hall–Kier alpha value is -2.94. The maximum Gasteiger partial charge on any atom is 0.276 e. The zero-order chi connectivity index (χ0) is 14.4. The van der Waals surface area contributed by atoms with Crippen LogP contribution in [0.5, 0.6) is 5.88 Å². The topological polar surface area (TPSA) is 87.9 Å². The summed E-state index contributed by atoms with van der Waals surface area (Å²) in [5.74, 6) is -0.0221. The molecule has 1 aromatic carbocycles. The number of ether oxygens (including phenoxy) is 1. The van der Waals surface area contributed by atoms with Gasteiger partial charge in [-0.1, -0.05) is 6.07 Å². The highest BCUT2D eigenvalue weighted by Crippen LogP contribution is 2.11. The summed E-state index contributed by atoms with van der Waals surface area (Å²) in [4.78, 5) is 11.9. The number of anilines is 1. The monoisotopic (exact) mass is 268 g/mol. The largest absolute Gasteiger partial charge is 0.477 e. The minimum atomic E-state index is -0.393. The molecule has 0 atom stereocenters. The maximum atomic E-state index is 11.9. The summed E-state index contributed by atoms with van der Waals surface area (Å²) in [6.45, 7) is 2.33. The van der Waals surface area contributed by atoms with E-state index in [0.29, 0.717) is 23.7 Å². The predicted octanol–water partition coefficient (Wildman–Crippen LogP) is 2.00. The molecule has 2 rings (SSSR count). The summed E-state index contributed by atoms with van der Waals surface area (Å²) in [6, 6.07) is 11.7. The number of aromatic nitrogens is 2. The van der Waals surface area contributed by atoms with Crippen molar-refractivity contribution < 1.29 is 9.53 Å². The second-order valence-electron chi connectivity index (χ2n) is 3.84. The molecule has 0 bridgehead atoms. The van der Waals surface area contributed by atoms with Crippen LogP contribution < -0.4 is 10.1 Å². The molecule has 1 aromatic heterocycles. The number of hydrogen-bond acceptors (Lipinski definition) is 5. The van der Waals surface area contributed by atoms with Gasteiger partial charge in [0.05, 0.1) is 18.2 Å². The van der Waals surface area contributed by atoms with Crippen molar-refractivity contribution in [1.82, 2.24) is 10.2 Å². The SMILES string of the molecule is CCOc1ccc(C(=O)Nc2cccc(C#N)c2)nn1. The Morgan fingerprint density at radius 2 is 2.20 bits per heavy atom. The number of carbonyl (C=O) groups is 1. The normalized spacial score (nSPS) is 9.60. The third-order valence-corrected chi connectivity index (χ3v) is 2.41. The van der Waals surface area contributed by atoms with Crippen LogP contribution in [0.15, 0.2) is 36.4 Å². The average molecular weight is 268 g/mol. The first-order valence-electron chi connectivity index (χ1n) is 6.01. The quantitative estimate of drug-likeness (QED) is 0.916. The van der Waals surface area contributed by atoms with Crippen molar-refractivity contribution in [2.45, 2.75) is 6.92 Å². The van der Waals surface area contributed by atoms with Crippen LogP contribution in [0.3, 0.4) is 0 Å². The van der Waals surface area contributed by atoms with E-state index in [9.17, 15) is 4.79 Å². The van der Waals surface area contributed by atoms with Crippen molar-refractivity contribution in [3.05, 3.63) is 47.7 Å². The summed E-state index contributed by atoms with van der Waals surface area (Å²) in [5.41, 5.74) is 1.18. The molecule has 6 heteroatoms. The van der Waals surface area contributed by atoms with Gasteiger partial charge in [-0.15, -0.1) is 10.2 Å². The van der Waals surface area contributed by atoms with Crippen LogP contribution in [0.25, 0.3) is 0 Å². The molecule has 0 saturated heterocycles. The van der Waals surface area contributed by atoms with Gasteiger partial charge in [0.2, 0.25) is 5.88 Å². The minimum Gasteiger partial charge on any atom is -0.477 e. The Morgan fingerprint density at radius 1 is 1.35 bits per heavy atom. The highest BCUT2D eigenvalue weighted by molar-refractivity contribution is 6.02. The molecule has 20 heavy (non-hydrogen) atoms. The molecule has 0 spiro atoms. The van der Waals surface area contributed by atoms with E-state index >= 15 is 0 Å². The highest BCUT2D eigenvalue weighted by Gasteiger charge is 2.09. The molecule has 1 N–H and O–H groups in total. The van der Waals surface area contributed by atoms with E-state index in [2.05, 4.69) is 15.5 Å². The zero-order valence-electron chi connectivity index (χ0n) is 10.8. The van der Waals surface area contributed by atoms with Crippen LogP contribution in [-0.2, 0) is 0 Å². The summed E-state index contributed by atoms with van der Waals surface area (Å²) in [7, 11) is 0. The number of hydrogen-bond donors (Lipinski definition) is 1. The van der Waals surface area contributed by atoms with Crippen molar-refractivity contribution in [2.24, 2.45) is 0 Å². The van der Waals surface area contributed by atoms with Crippen LogP contribution in [0.1, 0.15) is 23.0 Å². The molecule has 0 unspecified atom stereocenters. The van der Waals surface area contributed by atoms with E-state index in [1.807, 2.05) is 13.0 Å². The fourth-order valence-corrected chi connectivity index (χ4v) is 1.53. The van der Waals surface area contributed by atoms with Crippen molar-refractivity contribution in [2.75, 3.05) is 11.9 Å². The molecule has 0 aliphatic carbocycles. The zero-order valence-corrected chi connectivity index (χ0v) is 10.8. The molecule has 1 amide bonds. The summed E-state index contributed by atoms with van der Waals surface area (Å²) < 4.78 is 5.15. The van der Waals surface area contributed by atoms with E-state index in [4.69, 9.17) is 10.00 Å². The van der Waals surface area contributed by atoms with Crippen molar-refractivity contribution in [3.63, 3.8) is 0 Å². The first-order chi connectivity index (χ1) is 9.72. The molecule has 0 aliphatic heterocycles. The molecular weight excluding hydrogens is 256 g/mol. The highest BCUT2D eigenvalue weighted by atomic mass is 16.5. The smallest absolute Gasteiger partial charge is 0.276 e. The van der Waals surface area contributed by atoms with E-state index in [1.54, 1.807) is 30.3 Å². The number of carbonyl (C=O) groups excluding carboxylic acids is 1. The Morgan fingerprint density at radius 3 is 2.85 bits per heavy atom. The number of nitrogens with zero attached hydrogens (tertiary/aromatic N) is 3. The molecule has 0 aliphatic rings. The Labute approximate surface area is 116 Å². The second kappa shape index (κ2) is 6.29. The van der Waals surface area contributed by atoms with Gasteiger partial charge in [0.15, 0.2) is 5.69 Å². The van der Waals surface area contributed by atoms with Crippen LogP contribution >= 0.6 is 0 Å². The Bertz CT molecular complexity index is 647. The van der Waals surface area contributed by atoms with Crippen LogP contribution in [0, 0.1) is 11.3 Å². The lowest BCUT2D eigenvalue weighted by Crippen LogP contribution is -2.14. The van der Waals surface area contributed by atoms with Gasteiger partial charge in [0.25, 0.3) is 5.91 Å². The molecule has 0 radical (unpaired) electrons. The number of benzene rings is 1. The molecular formula is C14H12N4O2. The van der Waals surface area contributed by atoms with Crippen LogP contribution in [-0.4, -0.2) is 22.7 Å². The van der Waals surface area contributed by atoms with Crippen molar-refractivity contribution in [3.8, 4) is 11.9 Å². The fourth-order valence-electron chi connectivity index (χ4n) is 1.53. The van der Waals surface area contributed by atoms with Gasteiger partial charge in [-0.3, -0.25) is 4.79 Å². The van der Waals surface area contributed by atoms with Gasteiger partial charge in [-0.05, 0) is 31.2 Å². The van der Waals surface area contributed by atoms with Gasteiger partial charge in [-0.25, -0.2) is 0 Å². The van der Waals surface area contributed by atoms with E-state index in [0.717, 1.165) is 0 Å². The van der Waals surface area contributed by atoms with Crippen LogP contribution in [0.2, 0.25) is 0 Å². The molecule has 6 nitrogen and oxygen atoms in total. The third-order valence-electron chi connectivity index (χ3n) is 2.41. The summed E-state index contributed by atoms with van der Waals surface area (Å²) in [6.07, 6.45) is 0. The van der Waals surface area contributed by atoms with Crippen molar-refractivity contribution in [1.29, 1.82) is 5.26 Å². The maximum absolute atomic E-state index is 11.9. The van der Waals surface area contributed by atoms with E-state index in [1.165, 1.54) is 6.07 Å². The standard InChI is InChI=1S/C14H12N4O2/c1-2-20-13-7-6-12(17-18-13)14(19)16-11-5-3-4-10(8-11)9-15/h3-8H,2H2,1H3,(H,16,19). The summed E-state index contributed by atoms with van der Waals surface area (Å²) in [5, 5.41) is 19.0. The minimum absolute atomic E-state index is 0.177. The fraction of sp³-hybridized carbons (Fsp3) is 0.143. The van der Waals surface area contributed by atoms with Gasteiger partial charge in [0.1, 0.15) is 0 Å². The average Bonchev–Trinajstić information content (AvgIpc) is 2.48. The summed E-state index contributed by atoms with van der Waals surface area (Å²) >= 11 is 0. The van der Waals surface area contributed by atoms with Gasteiger partial charge < -0.3 is 10.1 Å². The first-order valence-corrected chi connectivity index (χ1v) is 6.01. The number of rotatable bonds is 4. The molecule has 2 aromatic rings. The number of nitriles is 1. The predicted molar refractivity (Wildman–Crippen MR) is 72.3 cm³/mol. The third kappa shape index (κ3) is 3.29. The van der Waals surface area contributed by atoms with E-state index < -0.39 is 5.91 Å². The molecule has 0 saturated carbocycles. The lowest BCUT2D eigenvalue weighted by molar-refractivity contribution is 0.102. The lowest BCUT2D eigenvalue weighted by atomic mass is 10.2. The first kappa shape index (κ1) is 13.5. The Kier molecular flexibility index (Phi) is 4.24. The van der Waals surface area contributed by atoms with Gasteiger partial charge in [-0.2, -0.15) is 5.26 Å². The number of amides is 1. The molecule has 100 valence electrons. The number of nitrogens with one attached hydrogen (secondary N) is 1. The molecule has 1 heterocycles. The van der Waals surface area contributed by atoms with Gasteiger partial charge in [0, 0.05) is 11.8 Å². The lowest BCUT2D eigenvalue weighted by Gasteiger charge is -2.05. The molecule has 0 fully saturated rings. The second-order valence-corrected chi connectivity index (χ2v) is 3.84. The van der Waals surface area contributed by atoms with Gasteiger partial charge >= 0.3 is 0 Å². The van der Waals surface area contributed by atoms with Crippen LogP contribution in [0.4, 0.5) is 5.69 Å². The van der Waals surface area contributed by atoms with E-state index in [-0.39, 0.29) is 5.69 Å². The van der Waals surface area contributed by atoms with Crippen molar-refractivity contribution >= 4 is 11.6 Å².